The van der Waals surface area contributed by atoms with Crippen LogP contribution in [0.1, 0.15) is 18.9 Å². The molecular weight excluding hydrogens is 380 g/mol. The van der Waals surface area contributed by atoms with E-state index < -0.39 is 0 Å². The predicted molar refractivity (Wildman–Crippen MR) is 134 cm³/mol. The number of nitrogen functional groups attached to an aromatic ring is 1. The van der Waals surface area contributed by atoms with Crippen molar-refractivity contribution in [2.45, 2.75) is 19.8 Å². The summed E-state index contributed by atoms with van der Waals surface area (Å²) in [6.45, 7) is 2.20. The van der Waals surface area contributed by atoms with Crippen LogP contribution in [0.4, 0.5) is 39.8 Å². The first-order valence-corrected chi connectivity index (χ1v) is 10.6. The Bertz CT molecular complexity index is 1080. The highest BCUT2D eigenvalue weighted by Crippen LogP contribution is 2.24. The Morgan fingerprint density at radius 3 is 1.10 bits per heavy atom. The molecule has 5 N–H and O–H groups in total. The third-order valence-electron chi connectivity index (χ3n) is 5.04. The van der Waals surface area contributed by atoms with Gasteiger partial charge in [-0.3, -0.25) is 0 Å². The molecule has 156 valence electrons. The summed E-state index contributed by atoms with van der Waals surface area (Å²) in [6.07, 6.45) is 2.29. The Morgan fingerprint density at radius 2 is 0.774 bits per heavy atom. The molecule has 0 heterocycles. The van der Waals surface area contributed by atoms with E-state index in [0.29, 0.717) is 0 Å². The molecule has 4 heteroatoms. The van der Waals surface area contributed by atoms with Crippen LogP contribution in [-0.4, -0.2) is 0 Å². The summed E-state index contributed by atoms with van der Waals surface area (Å²) in [5, 5.41) is 10.3. The quantitative estimate of drug-likeness (QED) is 0.229. The molecule has 0 aromatic heterocycles. The van der Waals surface area contributed by atoms with Gasteiger partial charge in [0.2, 0.25) is 0 Å². The van der Waals surface area contributed by atoms with E-state index in [1.807, 2.05) is 24.3 Å². The predicted octanol–water partition coefficient (Wildman–Crippen LogP) is 7.45. The maximum atomic E-state index is 5.74. The number of aryl methyl sites for hydroxylation is 1. The number of anilines is 7. The summed E-state index contributed by atoms with van der Waals surface area (Å²) in [7, 11) is 0. The van der Waals surface area contributed by atoms with Crippen molar-refractivity contribution in [3.05, 3.63) is 103 Å². The van der Waals surface area contributed by atoms with Crippen LogP contribution in [0.25, 0.3) is 0 Å². The fraction of sp³-hybridized carbons (Fsp3) is 0.111. The highest BCUT2D eigenvalue weighted by Gasteiger charge is 2.00. The van der Waals surface area contributed by atoms with Crippen LogP contribution in [-0.2, 0) is 6.42 Å². The molecule has 0 aliphatic heterocycles. The van der Waals surface area contributed by atoms with Gasteiger partial charge >= 0.3 is 0 Å². The van der Waals surface area contributed by atoms with E-state index in [1.165, 1.54) is 12.0 Å². The molecule has 0 atom stereocenters. The summed E-state index contributed by atoms with van der Waals surface area (Å²) in [6, 6.07) is 32.9. The molecule has 0 spiro atoms. The van der Waals surface area contributed by atoms with Crippen molar-refractivity contribution >= 4 is 39.8 Å². The molecule has 0 saturated heterocycles. The molecule has 0 unspecified atom stereocenters. The third kappa shape index (κ3) is 5.80. The van der Waals surface area contributed by atoms with Crippen molar-refractivity contribution in [1.29, 1.82) is 0 Å². The van der Waals surface area contributed by atoms with Gasteiger partial charge in [-0.1, -0.05) is 25.5 Å². The summed E-state index contributed by atoms with van der Waals surface area (Å²) in [5.41, 5.74) is 14.2. The number of benzene rings is 4. The van der Waals surface area contributed by atoms with Gasteiger partial charge in [0.1, 0.15) is 0 Å². The largest absolute Gasteiger partial charge is 0.399 e. The van der Waals surface area contributed by atoms with Crippen molar-refractivity contribution in [3.63, 3.8) is 0 Å². The fourth-order valence-electron chi connectivity index (χ4n) is 3.38. The zero-order chi connectivity index (χ0) is 21.5. The molecule has 0 fully saturated rings. The van der Waals surface area contributed by atoms with Crippen LogP contribution in [0, 0.1) is 0 Å². The summed E-state index contributed by atoms with van der Waals surface area (Å²) in [4.78, 5) is 0. The first-order valence-electron chi connectivity index (χ1n) is 10.6. The van der Waals surface area contributed by atoms with Gasteiger partial charge in [-0.2, -0.15) is 0 Å². The third-order valence-corrected chi connectivity index (χ3v) is 5.04. The molecule has 31 heavy (non-hydrogen) atoms. The van der Waals surface area contributed by atoms with Crippen LogP contribution in [0.15, 0.2) is 97.1 Å². The summed E-state index contributed by atoms with van der Waals surface area (Å²) < 4.78 is 0. The molecule has 0 aliphatic rings. The zero-order valence-corrected chi connectivity index (χ0v) is 17.7. The Balaban J connectivity index is 1.33. The van der Waals surface area contributed by atoms with Crippen LogP contribution >= 0.6 is 0 Å². The maximum Gasteiger partial charge on any atom is 0.0385 e. The number of nitrogens with two attached hydrogens (primary N) is 1. The highest BCUT2D eigenvalue weighted by molar-refractivity contribution is 5.68. The van der Waals surface area contributed by atoms with Gasteiger partial charge in [-0.25, -0.2) is 0 Å². The summed E-state index contributed by atoms with van der Waals surface area (Å²) >= 11 is 0. The Hall–Kier alpha value is -3.92. The Kier molecular flexibility index (Phi) is 6.38. The lowest BCUT2D eigenvalue weighted by atomic mass is 10.1. The van der Waals surface area contributed by atoms with E-state index in [2.05, 4.69) is 95.7 Å². The topological polar surface area (TPSA) is 62.1 Å². The van der Waals surface area contributed by atoms with Crippen molar-refractivity contribution in [2.24, 2.45) is 0 Å². The average Bonchev–Trinajstić information content (AvgIpc) is 2.79. The number of hydrogen-bond donors (Lipinski definition) is 4. The average molecular weight is 409 g/mol. The van der Waals surface area contributed by atoms with Gasteiger partial charge in [0.25, 0.3) is 0 Å². The van der Waals surface area contributed by atoms with Crippen molar-refractivity contribution < 1.29 is 0 Å². The van der Waals surface area contributed by atoms with E-state index in [4.69, 9.17) is 5.73 Å². The van der Waals surface area contributed by atoms with Crippen molar-refractivity contribution in [3.8, 4) is 0 Å². The SMILES string of the molecule is CCCc1ccc(Nc2ccc(Nc3ccc(Nc4ccc(N)cc4)cc3)cc2)cc1. The van der Waals surface area contributed by atoms with Crippen molar-refractivity contribution in [1.82, 2.24) is 0 Å². The Labute approximate surface area is 184 Å². The lowest BCUT2D eigenvalue weighted by molar-refractivity contribution is 0.922. The molecular formula is C27H28N4. The summed E-state index contributed by atoms with van der Waals surface area (Å²) in [5.74, 6) is 0. The molecule has 4 aromatic rings. The zero-order valence-electron chi connectivity index (χ0n) is 17.7. The molecule has 4 nitrogen and oxygen atoms in total. The minimum atomic E-state index is 0.760. The molecule has 0 bridgehead atoms. The van der Waals surface area contributed by atoms with Crippen molar-refractivity contribution in [2.75, 3.05) is 21.7 Å². The number of hydrogen-bond acceptors (Lipinski definition) is 4. The standard InChI is InChI=1S/C27H28N4/c1-2-3-20-4-8-22(9-5-20)29-24-12-16-26(17-13-24)31-27-18-14-25(15-19-27)30-23-10-6-21(28)7-11-23/h4-19,29-31H,2-3,28H2,1H3. The molecule has 0 radical (unpaired) electrons. The first-order chi connectivity index (χ1) is 15.2. The molecule has 4 rings (SSSR count). The molecule has 4 aromatic carbocycles. The van der Waals surface area contributed by atoms with Gasteiger partial charge in [0, 0.05) is 39.8 Å². The minimum absolute atomic E-state index is 0.760. The second kappa shape index (κ2) is 9.72. The highest BCUT2D eigenvalue weighted by atomic mass is 14.9. The number of nitrogens with one attached hydrogen (secondary N) is 3. The monoisotopic (exact) mass is 408 g/mol. The number of rotatable bonds is 8. The van der Waals surface area contributed by atoms with Crippen LogP contribution in [0.2, 0.25) is 0 Å². The second-order valence-corrected chi connectivity index (χ2v) is 7.60. The van der Waals surface area contributed by atoms with Crippen LogP contribution < -0.4 is 21.7 Å². The van der Waals surface area contributed by atoms with E-state index in [-0.39, 0.29) is 0 Å². The van der Waals surface area contributed by atoms with Gasteiger partial charge in [0.15, 0.2) is 0 Å². The lowest BCUT2D eigenvalue weighted by Gasteiger charge is -2.11. The van der Waals surface area contributed by atoms with Gasteiger partial charge in [-0.05, 0) is 96.9 Å². The van der Waals surface area contributed by atoms with E-state index in [1.54, 1.807) is 0 Å². The normalized spacial score (nSPS) is 10.5. The van der Waals surface area contributed by atoms with E-state index in [9.17, 15) is 0 Å². The second-order valence-electron chi connectivity index (χ2n) is 7.60. The molecule has 0 saturated carbocycles. The lowest BCUT2D eigenvalue weighted by Crippen LogP contribution is -1.94. The Morgan fingerprint density at radius 1 is 0.484 bits per heavy atom. The van der Waals surface area contributed by atoms with Crippen LogP contribution in [0.5, 0.6) is 0 Å². The van der Waals surface area contributed by atoms with E-state index >= 15 is 0 Å². The van der Waals surface area contributed by atoms with E-state index in [0.717, 1.165) is 46.2 Å². The van der Waals surface area contributed by atoms with Gasteiger partial charge in [0.05, 0.1) is 0 Å². The minimum Gasteiger partial charge on any atom is -0.399 e. The first kappa shape index (κ1) is 20.4. The van der Waals surface area contributed by atoms with Gasteiger partial charge < -0.3 is 21.7 Å². The fourth-order valence-corrected chi connectivity index (χ4v) is 3.38. The molecule has 0 amide bonds. The van der Waals surface area contributed by atoms with Gasteiger partial charge in [-0.15, -0.1) is 0 Å². The smallest absolute Gasteiger partial charge is 0.0385 e. The molecule has 0 aliphatic carbocycles. The maximum absolute atomic E-state index is 5.74. The van der Waals surface area contributed by atoms with Crippen LogP contribution in [0.3, 0.4) is 0 Å².